The van der Waals surface area contributed by atoms with Crippen LogP contribution in [0.5, 0.6) is 0 Å². The van der Waals surface area contributed by atoms with Crippen LogP contribution in [0.15, 0.2) is 36.5 Å². The summed E-state index contributed by atoms with van der Waals surface area (Å²) in [7, 11) is 0. The molecule has 0 bridgehead atoms. The number of rotatable bonds is 4. The highest BCUT2D eigenvalue weighted by Crippen LogP contribution is 2.18. The molecule has 108 valence electrons. The first-order valence-corrected chi connectivity index (χ1v) is 6.18. The standard InChI is InChI=1S/C13H9ClFN3O3/c14-12-10(5-9(15)7-16-12)13(19)17-6-8-3-1-2-4-11(8)18(20)21/h1-5,7H,6H2,(H,17,19). The van der Waals surface area contributed by atoms with E-state index < -0.39 is 16.6 Å². The van der Waals surface area contributed by atoms with Crippen LogP contribution in [0.2, 0.25) is 5.15 Å². The van der Waals surface area contributed by atoms with Crippen LogP contribution >= 0.6 is 11.6 Å². The Hall–Kier alpha value is -2.54. The van der Waals surface area contributed by atoms with Gasteiger partial charge in [0.05, 0.1) is 16.7 Å². The van der Waals surface area contributed by atoms with E-state index in [9.17, 15) is 19.3 Å². The third kappa shape index (κ3) is 3.51. The molecule has 1 aromatic heterocycles. The first-order valence-electron chi connectivity index (χ1n) is 5.80. The van der Waals surface area contributed by atoms with Gasteiger partial charge in [-0.2, -0.15) is 0 Å². The molecule has 0 aliphatic rings. The van der Waals surface area contributed by atoms with E-state index in [4.69, 9.17) is 11.6 Å². The zero-order valence-corrected chi connectivity index (χ0v) is 11.3. The van der Waals surface area contributed by atoms with Crippen LogP contribution in [0.4, 0.5) is 10.1 Å². The molecule has 6 nitrogen and oxygen atoms in total. The molecule has 0 atom stereocenters. The summed E-state index contributed by atoms with van der Waals surface area (Å²) in [6.07, 6.45) is 0.890. The van der Waals surface area contributed by atoms with Gasteiger partial charge in [0.2, 0.25) is 0 Å². The number of amides is 1. The van der Waals surface area contributed by atoms with E-state index in [1.807, 2.05) is 0 Å². The molecular weight excluding hydrogens is 301 g/mol. The number of para-hydroxylation sites is 1. The number of pyridine rings is 1. The summed E-state index contributed by atoms with van der Waals surface area (Å²) in [5.74, 6) is -1.36. The van der Waals surface area contributed by atoms with Crippen LogP contribution in [-0.2, 0) is 6.54 Å². The number of hydrogen-bond donors (Lipinski definition) is 1. The molecule has 2 rings (SSSR count). The van der Waals surface area contributed by atoms with Crippen molar-refractivity contribution in [2.75, 3.05) is 0 Å². The van der Waals surface area contributed by atoms with Gasteiger partial charge in [-0.1, -0.05) is 29.8 Å². The monoisotopic (exact) mass is 309 g/mol. The summed E-state index contributed by atoms with van der Waals surface area (Å²) >= 11 is 5.71. The predicted octanol–water partition coefficient (Wildman–Crippen LogP) is 2.71. The molecule has 2 aromatic rings. The minimum atomic E-state index is -0.699. The van der Waals surface area contributed by atoms with Gasteiger partial charge in [-0.15, -0.1) is 0 Å². The van der Waals surface area contributed by atoms with E-state index in [0.29, 0.717) is 5.56 Å². The van der Waals surface area contributed by atoms with Gasteiger partial charge in [0, 0.05) is 18.2 Å². The molecule has 8 heteroatoms. The molecule has 0 spiro atoms. The first-order chi connectivity index (χ1) is 9.99. The zero-order valence-electron chi connectivity index (χ0n) is 10.5. The van der Waals surface area contributed by atoms with Crippen LogP contribution in [0.1, 0.15) is 15.9 Å². The summed E-state index contributed by atoms with van der Waals surface area (Å²) in [4.78, 5) is 25.7. The van der Waals surface area contributed by atoms with Crippen LogP contribution in [0.3, 0.4) is 0 Å². The van der Waals surface area contributed by atoms with Gasteiger partial charge >= 0.3 is 0 Å². The number of aromatic nitrogens is 1. The van der Waals surface area contributed by atoms with Gasteiger partial charge in [0.25, 0.3) is 11.6 Å². The largest absolute Gasteiger partial charge is 0.348 e. The quantitative estimate of drug-likeness (QED) is 0.534. The maximum Gasteiger partial charge on any atom is 0.274 e. The molecule has 0 aliphatic heterocycles. The Balaban J connectivity index is 2.15. The number of carbonyl (C=O) groups is 1. The summed E-state index contributed by atoms with van der Waals surface area (Å²) in [6.45, 7) is -0.0805. The van der Waals surface area contributed by atoms with E-state index in [1.54, 1.807) is 6.07 Å². The van der Waals surface area contributed by atoms with E-state index in [-0.39, 0.29) is 22.9 Å². The van der Waals surface area contributed by atoms with Crippen molar-refractivity contribution in [3.05, 3.63) is 68.7 Å². The minimum absolute atomic E-state index is 0.0805. The van der Waals surface area contributed by atoms with Crippen LogP contribution in [0, 0.1) is 15.9 Å². The summed E-state index contributed by atoms with van der Waals surface area (Å²) < 4.78 is 13.1. The van der Waals surface area contributed by atoms with Crippen LogP contribution in [-0.4, -0.2) is 15.8 Å². The number of nitro groups is 1. The maximum atomic E-state index is 13.1. The second-order valence-corrected chi connectivity index (χ2v) is 4.42. The highest BCUT2D eigenvalue weighted by Gasteiger charge is 2.16. The Morgan fingerprint density at radius 3 is 2.86 bits per heavy atom. The molecule has 0 saturated carbocycles. The van der Waals surface area contributed by atoms with Gasteiger partial charge in [0.1, 0.15) is 11.0 Å². The van der Waals surface area contributed by atoms with Crippen molar-refractivity contribution in [1.82, 2.24) is 10.3 Å². The van der Waals surface area contributed by atoms with E-state index in [1.165, 1.54) is 18.2 Å². The fourth-order valence-electron chi connectivity index (χ4n) is 1.69. The number of benzene rings is 1. The molecule has 0 fully saturated rings. The molecule has 0 radical (unpaired) electrons. The van der Waals surface area contributed by atoms with Crippen molar-refractivity contribution < 1.29 is 14.1 Å². The highest BCUT2D eigenvalue weighted by molar-refractivity contribution is 6.32. The van der Waals surface area contributed by atoms with Crippen molar-refractivity contribution in [3.63, 3.8) is 0 Å². The van der Waals surface area contributed by atoms with Gasteiger partial charge in [-0.3, -0.25) is 14.9 Å². The summed E-state index contributed by atoms with van der Waals surface area (Å²) in [6, 6.07) is 6.94. The van der Waals surface area contributed by atoms with Gasteiger partial charge in [0.15, 0.2) is 0 Å². The van der Waals surface area contributed by atoms with E-state index in [2.05, 4.69) is 10.3 Å². The molecule has 0 unspecified atom stereocenters. The lowest BCUT2D eigenvalue weighted by Crippen LogP contribution is -2.24. The van der Waals surface area contributed by atoms with Crippen molar-refractivity contribution in [2.24, 2.45) is 0 Å². The van der Waals surface area contributed by atoms with Crippen molar-refractivity contribution >= 4 is 23.2 Å². The summed E-state index contributed by atoms with van der Waals surface area (Å²) in [5.41, 5.74) is 0.0906. The van der Waals surface area contributed by atoms with Crippen molar-refractivity contribution in [1.29, 1.82) is 0 Å². The fraction of sp³-hybridized carbons (Fsp3) is 0.0769. The van der Waals surface area contributed by atoms with Crippen molar-refractivity contribution in [3.8, 4) is 0 Å². The number of carbonyl (C=O) groups excluding carboxylic acids is 1. The predicted molar refractivity (Wildman–Crippen MR) is 73.5 cm³/mol. The fourth-order valence-corrected chi connectivity index (χ4v) is 1.88. The lowest BCUT2D eigenvalue weighted by atomic mass is 10.1. The third-order valence-corrected chi connectivity index (χ3v) is 2.98. The molecular formula is C13H9ClFN3O3. The van der Waals surface area contributed by atoms with Gasteiger partial charge in [-0.25, -0.2) is 9.37 Å². The SMILES string of the molecule is O=C(NCc1ccccc1[N+](=O)[O-])c1cc(F)cnc1Cl. The molecule has 0 aliphatic carbocycles. The topological polar surface area (TPSA) is 85.1 Å². The Bertz CT molecular complexity index is 709. The summed E-state index contributed by atoms with van der Waals surface area (Å²) in [5, 5.41) is 13.1. The smallest absolute Gasteiger partial charge is 0.274 e. The number of nitrogens with zero attached hydrogens (tertiary/aromatic N) is 2. The molecule has 1 heterocycles. The number of nitrogens with one attached hydrogen (secondary N) is 1. The van der Waals surface area contributed by atoms with Gasteiger partial charge < -0.3 is 5.32 Å². The number of halogens is 2. The molecule has 1 N–H and O–H groups in total. The highest BCUT2D eigenvalue weighted by atomic mass is 35.5. The van der Waals surface area contributed by atoms with E-state index in [0.717, 1.165) is 12.3 Å². The normalized spacial score (nSPS) is 10.2. The zero-order chi connectivity index (χ0) is 15.4. The Morgan fingerprint density at radius 1 is 1.43 bits per heavy atom. The Morgan fingerprint density at radius 2 is 2.14 bits per heavy atom. The maximum absolute atomic E-state index is 13.1. The van der Waals surface area contributed by atoms with E-state index >= 15 is 0 Å². The molecule has 21 heavy (non-hydrogen) atoms. The van der Waals surface area contributed by atoms with Crippen LogP contribution < -0.4 is 5.32 Å². The Kier molecular flexibility index (Phi) is 4.44. The van der Waals surface area contributed by atoms with Crippen molar-refractivity contribution in [2.45, 2.75) is 6.54 Å². The number of hydrogen-bond acceptors (Lipinski definition) is 4. The number of nitro benzene ring substituents is 1. The molecule has 1 amide bonds. The average Bonchev–Trinajstić information content (AvgIpc) is 2.47. The second kappa shape index (κ2) is 6.27. The Labute approximate surface area is 123 Å². The van der Waals surface area contributed by atoms with Crippen LogP contribution in [0.25, 0.3) is 0 Å². The lowest BCUT2D eigenvalue weighted by Gasteiger charge is -2.07. The van der Waals surface area contributed by atoms with Gasteiger partial charge in [-0.05, 0) is 6.07 Å². The molecule has 1 aromatic carbocycles. The average molecular weight is 310 g/mol. The third-order valence-electron chi connectivity index (χ3n) is 2.68. The minimum Gasteiger partial charge on any atom is -0.348 e. The second-order valence-electron chi connectivity index (χ2n) is 4.06. The molecule has 0 saturated heterocycles. The first kappa shape index (κ1) is 14.9. The lowest BCUT2D eigenvalue weighted by molar-refractivity contribution is -0.385.